The molecule has 1 aromatic rings. The predicted octanol–water partition coefficient (Wildman–Crippen LogP) is -0.179. The van der Waals surface area contributed by atoms with Gasteiger partial charge in [0.05, 0.1) is 6.61 Å². The van der Waals surface area contributed by atoms with E-state index in [0.717, 1.165) is 0 Å². The van der Waals surface area contributed by atoms with Crippen LogP contribution in [0, 0.1) is 0 Å². The van der Waals surface area contributed by atoms with Gasteiger partial charge in [-0.2, -0.15) is 4.98 Å². The topological polar surface area (TPSA) is 85.1 Å². The first kappa shape index (κ1) is 9.69. The van der Waals surface area contributed by atoms with Crippen LogP contribution in [0.1, 0.15) is 0 Å². The maximum Gasteiger partial charge on any atom is 0.224 e. The fourth-order valence-corrected chi connectivity index (χ4v) is 0.789. The van der Waals surface area contributed by atoms with Gasteiger partial charge in [-0.1, -0.05) is 0 Å². The molecule has 13 heavy (non-hydrogen) atoms. The predicted molar refractivity (Wildman–Crippen MR) is 50.2 cm³/mol. The Balaban J connectivity index is 2.46. The van der Waals surface area contributed by atoms with Crippen LogP contribution in [0.5, 0.6) is 0 Å². The Morgan fingerprint density at radius 3 is 3.15 bits per heavy atom. The van der Waals surface area contributed by atoms with Gasteiger partial charge in [-0.15, -0.1) is 0 Å². The molecule has 0 amide bonds. The van der Waals surface area contributed by atoms with Crippen molar-refractivity contribution in [1.29, 1.82) is 0 Å². The van der Waals surface area contributed by atoms with Crippen molar-refractivity contribution in [3.63, 3.8) is 0 Å². The highest BCUT2D eigenvalue weighted by Gasteiger charge is 1.95. The molecule has 0 fully saturated rings. The van der Waals surface area contributed by atoms with Crippen LogP contribution in [0.25, 0.3) is 0 Å². The summed E-state index contributed by atoms with van der Waals surface area (Å²) >= 11 is 0. The van der Waals surface area contributed by atoms with Crippen LogP contribution in [-0.2, 0) is 4.74 Å². The Kier molecular flexibility index (Phi) is 3.94. The lowest BCUT2D eigenvalue weighted by atomic mass is 10.6. The third-order valence-electron chi connectivity index (χ3n) is 1.39. The first-order valence-corrected chi connectivity index (χ1v) is 3.89. The number of ether oxygens (including phenoxy) is 1. The molecule has 4 N–H and O–H groups in total. The van der Waals surface area contributed by atoms with Crippen molar-refractivity contribution in [2.75, 3.05) is 31.0 Å². The third kappa shape index (κ3) is 3.22. The number of nitrogens with two attached hydrogens (primary N) is 1. The summed E-state index contributed by atoms with van der Waals surface area (Å²) in [4.78, 5) is 8.03. The van der Waals surface area contributed by atoms with E-state index in [1.54, 1.807) is 19.4 Å². The molecule has 0 spiro atoms. The summed E-state index contributed by atoms with van der Waals surface area (Å²) in [6.07, 6.45) is 1.62. The second kappa shape index (κ2) is 5.28. The Bertz CT molecular complexity index is 254. The van der Waals surface area contributed by atoms with E-state index in [2.05, 4.69) is 20.7 Å². The minimum absolute atomic E-state index is 0.535. The minimum Gasteiger partial charge on any atom is -0.383 e. The molecule has 6 heteroatoms. The number of nitrogens with one attached hydrogen (secondary N) is 2. The molecule has 0 saturated heterocycles. The fourth-order valence-electron chi connectivity index (χ4n) is 0.789. The summed E-state index contributed by atoms with van der Waals surface area (Å²) in [5.41, 5.74) is 2.44. The number of hydrogen-bond acceptors (Lipinski definition) is 6. The zero-order valence-electron chi connectivity index (χ0n) is 7.45. The molecule has 0 bridgehead atoms. The van der Waals surface area contributed by atoms with Gasteiger partial charge in [-0.3, -0.25) is 0 Å². The number of nitrogens with zero attached hydrogens (tertiary/aromatic N) is 2. The fraction of sp³-hybridized carbons (Fsp3) is 0.429. The number of hydrazine groups is 1. The molecule has 0 atom stereocenters. The summed E-state index contributed by atoms with van der Waals surface area (Å²) < 4.78 is 4.86. The number of aromatic nitrogens is 2. The van der Waals surface area contributed by atoms with E-state index < -0.39 is 0 Å². The van der Waals surface area contributed by atoms with Crippen LogP contribution in [-0.4, -0.2) is 30.2 Å². The second-order valence-electron chi connectivity index (χ2n) is 2.33. The van der Waals surface area contributed by atoms with Crippen LogP contribution < -0.4 is 16.6 Å². The summed E-state index contributed by atoms with van der Waals surface area (Å²) in [6, 6.07) is 1.68. The van der Waals surface area contributed by atoms with Gasteiger partial charge in [-0.25, -0.2) is 10.8 Å². The number of hydrogen-bond donors (Lipinski definition) is 3. The SMILES string of the molecule is COCCNc1nccc(NN)n1. The van der Waals surface area contributed by atoms with Crippen LogP contribution >= 0.6 is 0 Å². The van der Waals surface area contributed by atoms with Crippen molar-refractivity contribution in [3.8, 4) is 0 Å². The highest BCUT2D eigenvalue weighted by atomic mass is 16.5. The lowest BCUT2D eigenvalue weighted by Crippen LogP contribution is -2.13. The van der Waals surface area contributed by atoms with Crippen molar-refractivity contribution in [2.24, 2.45) is 5.84 Å². The van der Waals surface area contributed by atoms with E-state index in [9.17, 15) is 0 Å². The average molecular weight is 183 g/mol. The summed E-state index contributed by atoms with van der Waals surface area (Å²) in [6.45, 7) is 1.29. The van der Waals surface area contributed by atoms with Gasteiger partial charge in [0.2, 0.25) is 5.95 Å². The number of anilines is 2. The molecule has 0 aliphatic carbocycles. The van der Waals surface area contributed by atoms with Crippen molar-refractivity contribution in [2.45, 2.75) is 0 Å². The molecular weight excluding hydrogens is 170 g/mol. The Labute approximate surface area is 76.5 Å². The second-order valence-corrected chi connectivity index (χ2v) is 2.33. The maximum absolute atomic E-state index is 5.18. The van der Waals surface area contributed by atoms with Crippen molar-refractivity contribution < 1.29 is 4.74 Å². The van der Waals surface area contributed by atoms with Gasteiger partial charge >= 0.3 is 0 Å². The molecule has 0 radical (unpaired) electrons. The average Bonchev–Trinajstić information content (AvgIpc) is 2.19. The quantitative estimate of drug-likeness (QED) is 0.333. The van der Waals surface area contributed by atoms with E-state index in [1.807, 2.05) is 0 Å². The van der Waals surface area contributed by atoms with Gasteiger partial charge in [0.15, 0.2) is 0 Å². The Hall–Kier alpha value is -1.40. The monoisotopic (exact) mass is 183 g/mol. The number of methoxy groups -OCH3 is 1. The Morgan fingerprint density at radius 2 is 2.46 bits per heavy atom. The smallest absolute Gasteiger partial charge is 0.224 e. The van der Waals surface area contributed by atoms with Crippen molar-refractivity contribution >= 4 is 11.8 Å². The number of nitrogen functional groups attached to an aromatic ring is 1. The molecule has 0 aromatic carbocycles. The lowest BCUT2D eigenvalue weighted by molar-refractivity contribution is 0.210. The third-order valence-corrected chi connectivity index (χ3v) is 1.39. The van der Waals surface area contributed by atoms with Crippen LogP contribution in [0.3, 0.4) is 0 Å². The van der Waals surface area contributed by atoms with E-state index in [1.165, 1.54) is 0 Å². The highest BCUT2D eigenvalue weighted by Crippen LogP contribution is 2.02. The maximum atomic E-state index is 5.18. The van der Waals surface area contributed by atoms with Crippen LogP contribution in [0.15, 0.2) is 12.3 Å². The molecule has 0 unspecified atom stereocenters. The van der Waals surface area contributed by atoms with Gasteiger partial charge in [-0.05, 0) is 0 Å². The molecule has 72 valence electrons. The molecule has 1 rings (SSSR count). The largest absolute Gasteiger partial charge is 0.383 e. The highest BCUT2D eigenvalue weighted by molar-refractivity contribution is 5.38. The van der Waals surface area contributed by atoms with E-state index in [-0.39, 0.29) is 0 Å². The molecule has 1 aromatic heterocycles. The van der Waals surface area contributed by atoms with Gasteiger partial charge in [0.1, 0.15) is 5.82 Å². The first-order chi connectivity index (χ1) is 6.36. The Morgan fingerprint density at radius 1 is 1.62 bits per heavy atom. The molecule has 0 aliphatic heterocycles. The summed E-state index contributed by atoms with van der Waals surface area (Å²) in [5, 5.41) is 2.98. The van der Waals surface area contributed by atoms with Crippen LogP contribution in [0.4, 0.5) is 11.8 Å². The minimum atomic E-state index is 0.535. The first-order valence-electron chi connectivity index (χ1n) is 3.89. The molecular formula is C7H13N5O. The summed E-state index contributed by atoms with van der Waals surface area (Å²) in [5.74, 6) is 6.29. The van der Waals surface area contributed by atoms with Gasteiger partial charge in [0, 0.05) is 25.9 Å². The zero-order valence-corrected chi connectivity index (χ0v) is 7.45. The van der Waals surface area contributed by atoms with E-state index in [0.29, 0.717) is 24.9 Å². The van der Waals surface area contributed by atoms with Crippen molar-refractivity contribution in [3.05, 3.63) is 12.3 Å². The van der Waals surface area contributed by atoms with Crippen LogP contribution in [0.2, 0.25) is 0 Å². The molecule has 0 aliphatic rings. The van der Waals surface area contributed by atoms with E-state index in [4.69, 9.17) is 10.6 Å². The molecule has 6 nitrogen and oxygen atoms in total. The van der Waals surface area contributed by atoms with Crippen molar-refractivity contribution in [1.82, 2.24) is 9.97 Å². The standard InChI is InChI=1S/C7H13N5O/c1-13-5-4-10-7-9-3-2-6(11-7)12-8/h2-3H,4-5,8H2,1H3,(H2,9,10,11,12). The lowest BCUT2D eigenvalue weighted by Gasteiger charge is -2.04. The zero-order chi connectivity index (χ0) is 9.52. The normalized spacial score (nSPS) is 9.69. The van der Waals surface area contributed by atoms with E-state index >= 15 is 0 Å². The number of rotatable bonds is 5. The van der Waals surface area contributed by atoms with Gasteiger partial charge < -0.3 is 15.5 Å². The van der Waals surface area contributed by atoms with Gasteiger partial charge in [0.25, 0.3) is 0 Å². The molecule has 1 heterocycles. The summed E-state index contributed by atoms with van der Waals surface area (Å²) in [7, 11) is 1.64. The molecule has 0 saturated carbocycles.